The molecule has 5 nitrogen and oxygen atoms in total. The summed E-state index contributed by atoms with van der Waals surface area (Å²) in [5.41, 5.74) is 1.87. The molecule has 4 rings (SSSR count). The highest BCUT2D eigenvalue weighted by Gasteiger charge is 2.42. The molecule has 0 radical (unpaired) electrons. The Bertz CT molecular complexity index is 696. The molecule has 2 heterocycles. The first-order valence-electron chi connectivity index (χ1n) is 7.80. The van der Waals surface area contributed by atoms with Crippen LogP contribution in [0.5, 0.6) is 11.5 Å². The van der Waals surface area contributed by atoms with Crippen molar-refractivity contribution in [2.45, 2.75) is 44.8 Å². The maximum Gasteiger partial charge on any atom is 0.251 e. The predicted octanol–water partition coefficient (Wildman–Crippen LogP) is 3.96. The summed E-state index contributed by atoms with van der Waals surface area (Å²) >= 11 is 0. The van der Waals surface area contributed by atoms with E-state index >= 15 is 0 Å². The SMILES string of the molecule is Cc1cc(Nc2ccc3c(c2)OC2(CCCCC2)O3)ncn1. The number of hydrogen-bond donors (Lipinski definition) is 1. The summed E-state index contributed by atoms with van der Waals surface area (Å²) in [7, 11) is 0. The minimum absolute atomic E-state index is 0.426. The molecular formula is C17H19N3O2. The Morgan fingerprint density at radius 3 is 2.64 bits per heavy atom. The highest BCUT2D eigenvalue weighted by molar-refractivity contribution is 5.62. The first-order chi connectivity index (χ1) is 10.7. The Hall–Kier alpha value is -2.30. The van der Waals surface area contributed by atoms with Crippen LogP contribution in [-0.4, -0.2) is 15.8 Å². The van der Waals surface area contributed by atoms with Crippen molar-refractivity contribution in [1.29, 1.82) is 0 Å². The van der Waals surface area contributed by atoms with E-state index in [0.29, 0.717) is 0 Å². The monoisotopic (exact) mass is 297 g/mol. The van der Waals surface area contributed by atoms with Crippen LogP contribution >= 0.6 is 0 Å². The summed E-state index contributed by atoms with van der Waals surface area (Å²) in [6.45, 7) is 1.94. The lowest BCUT2D eigenvalue weighted by Crippen LogP contribution is -2.40. The van der Waals surface area contributed by atoms with E-state index in [-0.39, 0.29) is 0 Å². The predicted molar refractivity (Wildman–Crippen MR) is 83.6 cm³/mol. The number of anilines is 2. The van der Waals surface area contributed by atoms with E-state index in [1.54, 1.807) is 6.33 Å². The van der Waals surface area contributed by atoms with E-state index in [2.05, 4.69) is 15.3 Å². The standard InChI is InChI=1S/C17H19N3O2/c1-12-9-16(19-11-18-12)20-13-5-6-14-15(10-13)22-17(21-14)7-3-2-4-8-17/h5-6,9-11H,2-4,7-8H2,1H3,(H,18,19,20). The molecule has 1 saturated carbocycles. The average molecular weight is 297 g/mol. The van der Waals surface area contributed by atoms with Gasteiger partial charge in [0.2, 0.25) is 0 Å². The number of nitrogens with zero attached hydrogens (tertiary/aromatic N) is 2. The molecule has 1 aromatic heterocycles. The minimum atomic E-state index is -0.426. The summed E-state index contributed by atoms with van der Waals surface area (Å²) in [6.07, 6.45) is 7.09. The second-order valence-electron chi connectivity index (χ2n) is 6.01. The second-order valence-corrected chi connectivity index (χ2v) is 6.01. The van der Waals surface area contributed by atoms with Crippen molar-refractivity contribution < 1.29 is 9.47 Å². The largest absolute Gasteiger partial charge is 0.448 e. The third-order valence-corrected chi connectivity index (χ3v) is 4.23. The quantitative estimate of drug-likeness (QED) is 0.909. The Morgan fingerprint density at radius 2 is 1.82 bits per heavy atom. The Labute approximate surface area is 129 Å². The summed E-state index contributed by atoms with van der Waals surface area (Å²) in [5, 5.41) is 3.28. The molecule has 1 aliphatic carbocycles. The van der Waals surface area contributed by atoms with Crippen LogP contribution in [0.1, 0.15) is 37.8 Å². The zero-order valence-electron chi connectivity index (χ0n) is 12.6. The van der Waals surface area contributed by atoms with Crippen molar-refractivity contribution in [2.24, 2.45) is 0 Å². The van der Waals surface area contributed by atoms with Gasteiger partial charge in [-0.05, 0) is 31.9 Å². The van der Waals surface area contributed by atoms with Gasteiger partial charge in [-0.15, -0.1) is 0 Å². The average Bonchev–Trinajstić information content (AvgIpc) is 2.84. The van der Waals surface area contributed by atoms with Crippen LogP contribution < -0.4 is 14.8 Å². The summed E-state index contributed by atoms with van der Waals surface area (Å²) in [6, 6.07) is 7.85. The van der Waals surface area contributed by atoms with E-state index in [4.69, 9.17) is 9.47 Å². The van der Waals surface area contributed by atoms with Gasteiger partial charge in [-0.25, -0.2) is 9.97 Å². The molecule has 0 amide bonds. The zero-order valence-corrected chi connectivity index (χ0v) is 12.6. The van der Waals surface area contributed by atoms with E-state index in [1.807, 2.05) is 31.2 Å². The fourth-order valence-electron chi connectivity index (χ4n) is 3.14. The molecule has 1 spiro atoms. The number of hydrogen-bond acceptors (Lipinski definition) is 5. The molecule has 0 atom stereocenters. The molecule has 22 heavy (non-hydrogen) atoms. The number of rotatable bonds is 2. The third kappa shape index (κ3) is 2.47. The van der Waals surface area contributed by atoms with Gasteiger partial charge < -0.3 is 14.8 Å². The van der Waals surface area contributed by atoms with Gasteiger partial charge in [0.15, 0.2) is 11.5 Å². The minimum Gasteiger partial charge on any atom is -0.448 e. The van der Waals surface area contributed by atoms with Gasteiger partial charge in [-0.1, -0.05) is 6.42 Å². The van der Waals surface area contributed by atoms with E-state index < -0.39 is 5.79 Å². The first-order valence-corrected chi connectivity index (χ1v) is 7.80. The van der Waals surface area contributed by atoms with Gasteiger partial charge in [0.05, 0.1) is 0 Å². The zero-order chi connectivity index (χ0) is 15.0. The van der Waals surface area contributed by atoms with Crippen LogP contribution in [0.2, 0.25) is 0 Å². The second kappa shape index (κ2) is 5.16. The van der Waals surface area contributed by atoms with Crippen LogP contribution in [0.4, 0.5) is 11.5 Å². The Morgan fingerprint density at radius 1 is 1.00 bits per heavy atom. The highest BCUT2D eigenvalue weighted by atomic mass is 16.7. The fourth-order valence-corrected chi connectivity index (χ4v) is 3.14. The lowest BCUT2D eigenvalue weighted by atomic mass is 9.94. The number of aromatic nitrogens is 2. The normalized spacial score (nSPS) is 18.4. The van der Waals surface area contributed by atoms with Crippen LogP contribution in [-0.2, 0) is 0 Å². The fraction of sp³-hybridized carbons (Fsp3) is 0.412. The maximum atomic E-state index is 6.14. The van der Waals surface area contributed by atoms with Crippen molar-refractivity contribution in [3.8, 4) is 11.5 Å². The third-order valence-electron chi connectivity index (χ3n) is 4.23. The lowest BCUT2D eigenvalue weighted by Gasteiger charge is -2.31. The van der Waals surface area contributed by atoms with Crippen molar-refractivity contribution in [2.75, 3.05) is 5.32 Å². The van der Waals surface area contributed by atoms with Gasteiger partial charge in [0.25, 0.3) is 5.79 Å². The number of aryl methyl sites for hydroxylation is 1. The molecule has 0 unspecified atom stereocenters. The molecular weight excluding hydrogens is 278 g/mol. The van der Waals surface area contributed by atoms with Gasteiger partial charge in [-0.2, -0.15) is 0 Å². The van der Waals surface area contributed by atoms with Crippen molar-refractivity contribution in [1.82, 2.24) is 9.97 Å². The Kier molecular flexibility index (Phi) is 3.13. The molecule has 114 valence electrons. The summed E-state index contributed by atoms with van der Waals surface area (Å²) in [5.74, 6) is 2.01. The molecule has 2 aromatic rings. The highest BCUT2D eigenvalue weighted by Crippen LogP contribution is 2.46. The van der Waals surface area contributed by atoms with Crippen molar-refractivity contribution >= 4 is 11.5 Å². The Balaban J connectivity index is 1.55. The number of nitrogens with one attached hydrogen (secondary N) is 1. The molecule has 1 fully saturated rings. The van der Waals surface area contributed by atoms with E-state index in [1.165, 1.54) is 19.3 Å². The first kappa shape index (κ1) is 13.4. The molecule has 1 aliphatic heterocycles. The van der Waals surface area contributed by atoms with Crippen LogP contribution in [0, 0.1) is 6.92 Å². The molecule has 2 aliphatic rings. The van der Waals surface area contributed by atoms with Crippen LogP contribution in [0.3, 0.4) is 0 Å². The van der Waals surface area contributed by atoms with Crippen LogP contribution in [0.15, 0.2) is 30.6 Å². The molecule has 0 bridgehead atoms. The number of fused-ring (bicyclic) bond motifs is 1. The van der Waals surface area contributed by atoms with Gasteiger partial charge in [0, 0.05) is 36.4 Å². The molecule has 0 saturated heterocycles. The smallest absolute Gasteiger partial charge is 0.251 e. The molecule has 1 N–H and O–H groups in total. The van der Waals surface area contributed by atoms with Crippen molar-refractivity contribution in [3.05, 3.63) is 36.3 Å². The molecule has 1 aromatic carbocycles. The molecule has 5 heteroatoms. The van der Waals surface area contributed by atoms with E-state index in [0.717, 1.165) is 41.5 Å². The van der Waals surface area contributed by atoms with Crippen molar-refractivity contribution in [3.63, 3.8) is 0 Å². The topological polar surface area (TPSA) is 56.3 Å². The summed E-state index contributed by atoms with van der Waals surface area (Å²) in [4.78, 5) is 8.32. The van der Waals surface area contributed by atoms with Gasteiger partial charge in [0.1, 0.15) is 12.1 Å². The number of ether oxygens (including phenoxy) is 2. The lowest BCUT2D eigenvalue weighted by molar-refractivity contribution is -0.105. The van der Waals surface area contributed by atoms with Gasteiger partial charge >= 0.3 is 0 Å². The maximum absolute atomic E-state index is 6.14. The van der Waals surface area contributed by atoms with Gasteiger partial charge in [-0.3, -0.25) is 0 Å². The van der Waals surface area contributed by atoms with E-state index in [9.17, 15) is 0 Å². The number of benzene rings is 1. The summed E-state index contributed by atoms with van der Waals surface area (Å²) < 4.78 is 12.2. The van der Waals surface area contributed by atoms with Crippen LogP contribution in [0.25, 0.3) is 0 Å².